The van der Waals surface area contributed by atoms with Gasteiger partial charge in [-0.3, -0.25) is 4.79 Å². The smallest absolute Gasteiger partial charge is 0.220 e. The minimum Gasteiger partial charge on any atom is -0.356 e. The lowest BCUT2D eigenvalue weighted by Gasteiger charge is -2.18. The highest BCUT2D eigenvalue weighted by atomic mass is 32.1. The van der Waals surface area contributed by atoms with Crippen molar-refractivity contribution in [2.45, 2.75) is 19.9 Å². The molecule has 1 atom stereocenters. The molecule has 0 bridgehead atoms. The number of hydrogen-bond donors (Lipinski definition) is 1. The van der Waals surface area contributed by atoms with Crippen LogP contribution in [0.1, 0.15) is 16.2 Å². The molecule has 16 heavy (non-hydrogen) atoms. The van der Waals surface area contributed by atoms with Crippen molar-refractivity contribution in [3.05, 3.63) is 21.9 Å². The lowest BCUT2D eigenvalue weighted by Crippen LogP contribution is -2.26. The van der Waals surface area contributed by atoms with Crippen molar-refractivity contribution in [2.24, 2.45) is 5.92 Å². The average molecular weight is 238 g/mol. The summed E-state index contributed by atoms with van der Waals surface area (Å²) in [6.45, 7) is 4.96. The fourth-order valence-corrected chi connectivity index (χ4v) is 3.11. The molecule has 1 aromatic heterocycles. The third kappa shape index (κ3) is 3.06. The summed E-state index contributed by atoms with van der Waals surface area (Å²) in [4.78, 5) is 16.1. The Morgan fingerprint density at radius 1 is 1.56 bits per heavy atom. The molecule has 0 saturated carbocycles. The Balaban J connectivity index is 1.80. The van der Waals surface area contributed by atoms with Gasteiger partial charge in [0.05, 0.1) is 0 Å². The molecule has 4 heteroatoms. The van der Waals surface area contributed by atoms with E-state index in [2.05, 4.69) is 36.3 Å². The van der Waals surface area contributed by atoms with E-state index in [1.807, 2.05) is 11.3 Å². The molecular formula is C12H18N2OS. The molecule has 1 saturated heterocycles. The van der Waals surface area contributed by atoms with Crippen LogP contribution >= 0.6 is 11.3 Å². The molecule has 1 aliphatic rings. The minimum atomic E-state index is 0.199. The van der Waals surface area contributed by atoms with Gasteiger partial charge in [0.2, 0.25) is 5.91 Å². The van der Waals surface area contributed by atoms with Crippen molar-refractivity contribution in [2.75, 3.05) is 20.1 Å². The Bertz CT molecular complexity index is 375. The molecule has 1 aromatic rings. The van der Waals surface area contributed by atoms with Gasteiger partial charge >= 0.3 is 0 Å². The SMILES string of the molecule is Cc1ccc(CN(C)CC2CNC(=O)C2)s1. The first-order valence-electron chi connectivity index (χ1n) is 5.64. The first-order valence-corrected chi connectivity index (χ1v) is 6.45. The van der Waals surface area contributed by atoms with E-state index in [4.69, 9.17) is 0 Å². The quantitative estimate of drug-likeness (QED) is 0.864. The third-order valence-electron chi connectivity index (χ3n) is 2.85. The van der Waals surface area contributed by atoms with Crippen LogP contribution in [0.15, 0.2) is 12.1 Å². The van der Waals surface area contributed by atoms with E-state index in [0.717, 1.165) is 19.6 Å². The van der Waals surface area contributed by atoms with Gasteiger partial charge in [-0.1, -0.05) is 0 Å². The summed E-state index contributed by atoms with van der Waals surface area (Å²) in [5, 5.41) is 2.88. The van der Waals surface area contributed by atoms with E-state index in [1.54, 1.807) is 0 Å². The van der Waals surface area contributed by atoms with Gasteiger partial charge in [-0.15, -0.1) is 11.3 Å². The van der Waals surface area contributed by atoms with Crippen LogP contribution in [-0.2, 0) is 11.3 Å². The predicted molar refractivity (Wildman–Crippen MR) is 66.5 cm³/mol. The number of thiophene rings is 1. The maximum absolute atomic E-state index is 11.1. The third-order valence-corrected chi connectivity index (χ3v) is 3.84. The molecule has 3 nitrogen and oxygen atoms in total. The molecule has 1 aliphatic heterocycles. The number of carbonyl (C=O) groups excluding carboxylic acids is 1. The zero-order valence-electron chi connectivity index (χ0n) is 9.82. The molecule has 0 aromatic carbocycles. The second-order valence-corrected chi connectivity index (χ2v) is 5.96. The first kappa shape index (κ1) is 11.6. The topological polar surface area (TPSA) is 32.3 Å². The van der Waals surface area contributed by atoms with E-state index in [-0.39, 0.29) is 5.91 Å². The van der Waals surface area contributed by atoms with Crippen LogP contribution in [0.25, 0.3) is 0 Å². The molecule has 1 amide bonds. The number of amides is 1. The van der Waals surface area contributed by atoms with Crippen LogP contribution in [0.4, 0.5) is 0 Å². The highest BCUT2D eigenvalue weighted by Crippen LogP contribution is 2.18. The zero-order chi connectivity index (χ0) is 11.5. The van der Waals surface area contributed by atoms with Gasteiger partial charge in [-0.25, -0.2) is 0 Å². The van der Waals surface area contributed by atoms with Crippen LogP contribution in [-0.4, -0.2) is 30.9 Å². The molecule has 1 N–H and O–H groups in total. The van der Waals surface area contributed by atoms with Crippen molar-refractivity contribution in [3.8, 4) is 0 Å². The standard InChI is InChI=1S/C12H18N2OS/c1-9-3-4-11(16-9)8-14(2)7-10-5-12(15)13-6-10/h3-4,10H,5-8H2,1-2H3,(H,13,15). The van der Waals surface area contributed by atoms with Crippen molar-refractivity contribution >= 4 is 17.2 Å². The lowest BCUT2D eigenvalue weighted by molar-refractivity contribution is -0.119. The summed E-state index contributed by atoms with van der Waals surface area (Å²) < 4.78 is 0. The van der Waals surface area contributed by atoms with Crippen LogP contribution < -0.4 is 5.32 Å². The summed E-state index contributed by atoms with van der Waals surface area (Å²) >= 11 is 1.85. The number of aryl methyl sites for hydroxylation is 1. The fourth-order valence-electron chi connectivity index (χ4n) is 2.14. The van der Waals surface area contributed by atoms with E-state index in [0.29, 0.717) is 12.3 Å². The largest absolute Gasteiger partial charge is 0.356 e. The van der Waals surface area contributed by atoms with Gasteiger partial charge in [0.1, 0.15) is 0 Å². The Labute approximate surface area is 100 Å². The van der Waals surface area contributed by atoms with Crippen molar-refractivity contribution < 1.29 is 4.79 Å². The Morgan fingerprint density at radius 2 is 2.38 bits per heavy atom. The summed E-state index contributed by atoms with van der Waals surface area (Å²) in [6.07, 6.45) is 0.688. The minimum absolute atomic E-state index is 0.199. The number of nitrogens with zero attached hydrogens (tertiary/aromatic N) is 1. The van der Waals surface area contributed by atoms with Crippen molar-refractivity contribution in [1.82, 2.24) is 10.2 Å². The molecule has 2 rings (SSSR count). The molecule has 0 aliphatic carbocycles. The maximum Gasteiger partial charge on any atom is 0.220 e. The monoisotopic (exact) mass is 238 g/mol. The Morgan fingerprint density at radius 3 is 2.94 bits per heavy atom. The van der Waals surface area contributed by atoms with Gasteiger partial charge in [0.15, 0.2) is 0 Å². The molecule has 0 spiro atoms. The highest BCUT2D eigenvalue weighted by molar-refractivity contribution is 7.11. The molecule has 1 unspecified atom stereocenters. The highest BCUT2D eigenvalue weighted by Gasteiger charge is 2.22. The lowest BCUT2D eigenvalue weighted by atomic mass is 10.1. The molecular weight excluding hydrogens is 220 g/mol. The van der Waals surface area contributed by atoms with E-state index < -0.39 is 0 Å². The second-order valence-electron chi connectivity index (χ2n) is 4.58. The maximum atomic E-state index is 11.1. The van der Waals surface area contributed by atoms with Crippen LogP contribution in [0.3, 0.4) is 0 Å². The number of nitrogens with one attached hydrogen (secondary N) is 1. The molecule has 0 radical (unpaired) electrons. The van der Waals surface area contributed by atoms with Gasteiger partial charge in [-0.05, 0) is 32.0 Å². The summed E-state index contributed by atoms with van der Waals surface area (Å²) in [7, 11) is 2.12. The molecule has 2 heterocycles. The van der Waals surface area contributed by atoms with Crippen LogP contribution in [0.2, 0.25) is 0 Å². The Hall–Kier alpha value is -0.870. The molecule has 1 fully saturated rings. The number of hydrogen-bond acceptors (Lipinski definition) is 3. The van der Waals surface area contributed by atoms with Gasteiger partial charge in [-0.2, -0.15) is 0 Å². The summed E-state index contributed by atoms with van der Waals surface area (Å²) in [5.74, 6) is 0.684. The average Bonchev–Trinajstić information content (AvgIpc) is 2.76. The number of rotatable bonds is 4. The summed E-state index contributed by atoms with van der Waals surface area (Å²) in [5.41, 5.74) is 0. The summed E-state index contributed by atoms with van der Waals surface area (Å²) in [6, 6.07) is 4.35. The van der Waals surface area contributed by atoms with Crippen LogP contribution in [0, 0.1) is 12.8 Å². The van der Waals surface area contributed by atoms with Gasteiger partial charge < -0.3 is 10.2 Å². The first-order chi connectivity index (χ1) is 7.63. The molecule has 88 valence electrons. The van der Waals surface area contributed by atoms with E-state index >= 15 is 0 Å². The van der Waals surface area contributed by atoms with Crippen LogP contribution in [0.5, 0.6) is 0 Å². The van der Waals surface area contributed by atoms with E-state index in [1.165, 1.54) is 9.75 Å². The van der Waals surface area contributed by atoms with Gasteiger partial charge in [0, 0.05) is 35.8 Å². The second kappa shape index (κ2) is 4.97. The van der Waals surface area contributed by atoms with Crippen molar-refractivity contribution in [1.29, 1.82) is 0 Å². The predicted octanol–water partition coefficient (Wildman–Crippen LogP) is 1.62. The van der Waals surface area contributed by atoms with Gasteiger partial charge in [0.25, 0.3) is 0 Å². The van der Waals surface area contributed by atoms with E-state index in [9.17, 15) is 4.79 Å². The Kier molecular flexibility index (Phi) is 3.61. The fraction of sp³-hybridized carbons (Fsp3) is 0.583. The number of carbonyl (C=O) groups is 1. The zero-order valence-corrected chi connectivity index (χ0v) is 10.6. The normalized spacial score (nSPS) is 20.4. The van der Waals surface area contributed by atoms with Crippen molar-refractivity contribution in [3.63, 3.8) is 0 Å².